The zero-order valence-corrected chi connectivity index (χ0v) is 15.8. The van der Waals surface area contributed by atoms with Gasteiger partial charge in [-0.2, -0.15) is 0 Å². The maximum atomic E-state index is 13.3. The summed E-state index contributed by atoms with van der Waals surface area (Å²) in [4.78, 5) is 13.3. The van der Waals surface area contributed by atoms with Crippen LogP contribution in [0.4, 0.5) is 0 Å². The number of halogens is 2. The number of nitrogens with zero attached hydrogens (tertiary/aromatic N) is 1. The molecule has 0 aliphatic carbocycles. The highest BCUT2D eigenvalue weighted by Crippen LogP contribution is 2.38. The van der Waals surface area contributed by atoms with E-state index in [4.69, 9.17) is 11.6 Å². The molecule has 26 heavy (non-hydrogen) atoms. The Morgan fingerprint density at radius 2 is 1.73 bits per heavy atom. The summed E-state index contributed by atoms with van der Waals surface area (Å²) in [6, 6.07) is 20.0. The number of benzene rings is 2. The molecule has 4 rings (SSSR count). The van der Waals surface area contributed by atoms with E-state index in [0.717, 1.165) is 11.1 Å². The highest BCUT2D eigenvalue weighted by Gasteiger charge is 2.24. The fourth-order valence-corrected chi connectivity index (χ4v) is 3.78. The number of phenols is 1. The van der Waals surface area contributed by atoms with Gasteiger partial charge in [-0.3, -0.25) is 4.79 Å². The van der Waals surface area contributed by atoms with Gasteiger partial charge in [0, 0.05) is 17.3 Å². The van der Waals surface area contributed by atoms with Crippen LogP contribution in [0.5, 0.6) is 5.75 Å². The van der Waals surface area contributed by atoms with Crippen LogP contribution in [0.25, 0.3) is 16.6 Å². The Morgan fingerprint density at radius 3 is 2.46 bits per heavy atom. The third kappa shape index (κ3) is 2.71. The lowest BCUT2D eigenvalue weighted by Crippen LogP contribution is -2.07. The van der Waals surface area contributed by atoms with Gasteiger partial charge in [0.05, 0.1) is 15.0 Å². The molecule has 0 fully saturated rings. The smallest absolute Gasteiger partial charge is 0.210 e. The Labute approximate surface area is 163 Å². The van der Waals surface area contributed by atoms with Crippen molar-refractivity contribution in [2.45, 2.75) is 0 Å². The van der Waals surface area contributed by atoms with Crippen molar-refractivity contribution in [2.24, 2.45) is 0 Å². The molecule has 2 aromatic carbocycles. The molecular formula is C21H13BrClNO2. The molecule has 0 saturated carbocycles. The first-order valence-corrected chi connectivity index (χ1v) is 9.12. The molecule has 4 aromatic rings. The largest absolute Gasteiger partial charge is 0.507 e. The predicted molar refractivity (Wildman–Crippen MR) is 107 cm³/mol. The van der Waals surface area contributed by atoms with Gasteiger partial charge in [0.2, 0.25) is 5.78 Å². The Kier molecular flexibility index (Phi) is 4.31. The summed E-state index contributed by atoms with van der Waals surface area (Å²) >= 11 is 9.93. The van der Waals surface area contributed by atoms with Crippen LogP contribution in [0.3, 0.4) is 0 Å². The molecule has 2 heterocycles. The molecule has 0 atom stereocenters. The molecule has 0 saturated heterocycles. The lowest BCUT2D eigenvalue weighted by atomic mass is 10.00. The molecule has 5 heteroatoms. The highest BCUT2D eigenvalue weighted by molar-refractivity contribution is 9.10. The fraction of sp³-hybridized carbons (Fsp3) is 0. The van der Waals surface area contributed by atoms with Gasteiger partial charge in [-0.25, -0.2) is 0 Å². The molecule has 3 nitrogen and oxygen atoms in total. The summed E-state index contributed by atoms with van der Waals surface area (Å²) in [6.07, 6.45) is 1.83. The number of carbonyl (C=O) groups is 1. The Morgan fingerprint density at radius 1 is 1.00 bits per heavy atom. The minimum absolute atomic E-state index is 0.0860. The molecule has 1 N–H and O–H groups in total. The first kappa shape index (κ1) is 16.9. The van der Waals surface area contributed by atoms with Gasteiger partial charge in [0.15, 0.2) is 0 Å². The van der Waals surface area contributed by atoms with Gasteiger partial charge < -0.3 is 9.51 Å². The van der Waals surface area contributed by atoms with Crippen LogP contribution in [-0.2, 0) is 0 Å². The highest BCUT2D eigenvalue weighted by atomic mass is 79.9. The molecule has 0 bridgehead atoms. The van der Waals surface area contributed by atoms with E-state index >= 15 is 0 Å². The number of phenolic OH excluding ortho intramolecular Hbond substituents is 1. The summed E-state index contributed by atoms with van der Waals surface area (Å²) in [7, 11) is 0. The van der Waals surface area contributed by atoms with Crippen molar-refractivity contribution in [3.8, 4) is 16.9 Å². The quantitative estimate of drug-likeness (QED) is 0.411. The van der Waals surface area contributed by atoms with E-state index in [9.17, 15) is 9.90 Å². The van der Waals surface area contributed by atoms with Crippen molar-refractivity contribution >= 4 is 38.8 Å². The molecular weight excluding hydrogens is 414 g/mol. The number of ketones is 1. The van der Waals surface area contributed by atoms with Gasteiger partial charge in [-0.1, -0.05) is 48.0 Å². The molecule has 0 aliphatic heterocycles. The number of aromatic hydroxyl groups is 1. The SMILES string of the molecule is O=C(c1ccc(O)c(Br)c1)c1c(-c2ccccc2)c(Cl)c2ccccn12. The van der Waals surface area contributed by atoms with Crippen LogP contribution in [0, 0.1) is 0 Å². The van der Waals surface area contributed by atoms with Crippen LogP contribution in [0.15, 0.2) is 77.4 Å². The molecule has 0 radical (unpaired) electrons. The van der Waals surface area contributed by atoms with Gasteiger partial charge >= 0.3 is 0 Å². The van der Waals surface area contributed by atoms with E-state index in [0.29, 0.717) is 26.3 Å². The topological polar surface area (TPSA) is 41.7 Å². The molecule has 0 unspecified atom stereocenters. The first-order valence-electron chi connectivity index (χ1n) is 7.95. The summed E-state index contributed by atoms with van der Waals surface area (Å²) in [5, 5.41) is 10.3. The van der Waals surface area contributed by atoms with E-state index in [1.807, 2.05) is 59.1 Å². The Bertz CT molecular complexity index is 1140. The van der Waals surface area contributed by atoms with Crippen LogP contribution in [0.2, 0.25) is 5.02 Å². The second-order valence-corrected chi connectivity index (χ2v) is 7.09. The number of carbonyl (C=O) groups excluding carboxylic acids is 1. The molecule has 128 valence electrons. The van der Waals surface area contributed by atoms with E-state index in [1.165, 1.54) is 6.07 Å². The summed E-state index contributed by atoms with van der Waals surface area (Å²) in [5.74, 6) is -0.0828. The van der Waals surface area contributed by atoms with Crippen molar-refractivity contribution < 1.29 is 9.90 Å². The minimum Gasteiger partial charge on any atom is -0.507 e. The summed E-state index contributed by atoms with van der Waals surface area (Å²) in [6.45, 7) is 0. The van der Waals surface area contributed by atoms with Crippen LogP contribution >= 0.6 is 27.5 Å². The van der Waals surface area contributed by atoms with Gasteiger partial charge in [-0.05, 0) is 51.8 Å². The average molecular weight is 427 g/mol. The predicted octanol–water partition coefficient (Wildman–Crippen LogP) is 5.96. The lowest BCUT2D eigenvalue weighted by Gasteiger charge is -2.08. The molecule has 0 spiro atoms. The third-order valence-corrected chi connectivity index (χ3v) is 5.29. The summed E-state index contributed by atoms with van der Waals surface area (Å²) < 4.78 is 2.28. The van der Waals surface area contributed by atoms with E-state index < -0.39 is 0 Å². The van der Waals surface area contributed by atoms with Gasteiger partial charge in [0.25, 0.3) is 0 Å². The maximum absolute atomic E-state index is 13.3. The van der Waals surface area contributed by atoms with Crippen LogP contribution < -0.4 is 0 Å². The van der Waals surface area contributed by atoms with E-state index in [1.54, 1.807) is 12.1 Å². The summed E-state index contributed by atoms with van der Waals surface area (Å²) in [5.41, 5.74) is 3.31. The number of pyridine rings is 1. The lowest BCUT2D eigenvalue weighted by molar-refractivity contribution is 0.103. The number of hydrogen-bond acceptors (Lipinski definition) is 2. The number of aromatic nitrogens is 1. The van der Waals surface area contributed by atoms with E-state index in [-0.39, 0.29) is 11.5 Å². The normalized spacial score (nSPS) is 11.0. The van der Waals surface area contributed by atoms with Crippen molar-refractivity contribution in [3.63, 3.8) is 0 Å². The van der Waals surface area contributed by atoms with Gasteiger partial charge in [-0.15, -0.1) is 0 Å². The zero-order chi connectivity index (χ0) is 18.3. The second kappa shape index (κ2) is 6.63. The van der Waals surface area contributed by atoms with E-state index in [2.05, 4.69) is 15.9 Å². The maximum Gasteiger partial charge on any atom is 0.210 e. The van der Waals surface area contributed by atoms with Crippen molar-refractivity contribution in [1.82, 2.24) is 4.40 Å². The van der Waals surface area contributed by atoms with Crippen LogP contribution in [-0.4, -0.2) is 15.3 Å². The Hall–Kier alpha value is -2.56. The van der Waals surface area contributed by atoms with Crippen LogP contribution in [0.1, 0.15) is 16.1 Å². The fourth-order valence-electron chi connectivity index (χ4n) is 3.05. The number of rotatable bonds is 3. The Balaban J connectivity index is 2.02. The zero-order valence-electron chi connectivity index (χ0n) is 13.5. The first-order chi connectivity index (χ1) is 12.6. The molecule has 0 amide bonds. The van der Waals surface area contributed by atoms with Crippen molar-refractivity contribution in [3.05, 3.63) is 93.7 Å². The molecule has 0 aliphatic rings. The second-order valence-electron chi connectivity index (χ2n) is 5.85. The number of fused-ring (bicyclic) bond motifs is 1. The van der Waals surface area contributed by atoms with Gasteiger partial charge in [0.1, 0.15) is 11.4 Å². The standard InChI is InChI=1S/C21H13BrClNO2/c22-15-12-14(9-10-17(15)25)21(26)20-18(13-6-2-1-3-7-13)19(23)16-8-4-5-11-24(16)20/h1-12,25H. The molecule has 2 aromatic heterocycles. The number of hydrogen-bond donors (Lipinski definition) is 1. The van der Waals surface area contributed by atoms with Crippen molar-refractivity contribution in [1.29, 1.82) is 0 Å². The average Bonchev–Trinajstić information content (AvgIpc) is 2.97. The third-order valence-electron chi connectivity index (χ3n) is 4.27. The van der Waals surface area contributed by atoms with Crippen molar-refractivity contribution in [2.75, 3.05) is 0 Å². The monoisotopic (exact) mass is 425 g/mol. The minimum atomic E-state index is -0.169.